The lowest BCUT2D eigenvalue weighted by Gasteiger charge is -2.19. The van der Waals surface area contributed by atoms with E-state index in [9.17, 15) is 8.42 Å². The van der Waals surface area contributed by atoms with E-state index in [-0.39, 0.29) is 5.75 Å². The highest BCUT2D eigenvalue weighted by Crippen LogP contribution is 2.28. The molecule has 6 heteroatoms. The Hall–Kier alpha value is -3.25. The number of hydrogen-bond acceptors (Lipinski definition) is 5. The first-order valence-electron chi connectivity index (χ1n) is 9.31. The van der Waals surface area contributed by atoms with Crippen LogP contribution in [-0.2, 0) is 9.84 Å². The summed E-state index contributed by atoms with van der Waals surface area (Å²) in [6.45, 7) is 0. The summed E-state index contributed by atoms with van der Waals surface area (Å²) >= 11 is 0. The summed E-state index contributed by atoms with van der Waals surface area (Å²) in [6.07, 6.45) is 1.24. The van der Waals surface area contributed by atoms with Crippen molar-refractivity contribution in [2.75, 3.05) is 17.3 Å². The Morgan fingerprint density at radius 2 is 1.45 bits per heavy atom. The van der Waals surface area contributed by atoms with Crippen molar-refractivity contribution in [1.82, 2.24) is 9.97 Å². The molecule has 5 nitrogen and oxygen atoms in total. The molecule has 0 bridgehead atoms. The van der Waals surface area contributed by atoms with Gasteiger partial charge in [0.1, 0.15) is 9.84 Å². The van der Waals surface area contributed by atoms with Gasteiger partial charge in [0.25, 0.3) is 0 Å². The van der Waals surface area contributed by atoms with Crippen molar-refractivity contribution in [3.63, 3.8) is 0 Å². The van der Waals surface area contributed by atoms with Gasteiger partial charge in [-0.3, -0.25) is 0 Å². The molecule has 0 saturated carbocycles. The first kappa shape index (κ1) is 19.1. The fraction of sp³-hybridized carbons (Fsp3) is 0.130. The molecule has 0 aliphatic rings. The van der Waals surface area contributed by atoms with Gasteiger partial charge in [-0.2, -0.15) is 0 Å². The second-order valence-corrected chi connectivity index (χ2v) is 9.16. The zero-order valence-electron chi connectivity index (χ0n) is 16.0. The number of sulfone groups is 1. The zero-order valence-corrected chi connectivity index (χ0v) is 16.8. The minimum absolute atomic E-state index is 0.0477. The molecule has 0 fully saturated rings. The third-order valence-electron chi connectivity index (χ3n) is 4.63. The van der Waals surface area contributed by atoms with Crippen molar-refractivity contribution in [2.45, 2.75) is 6.04 Å². The summed E-state index contributed by atoms with van der Waals surface area (Å²) in [5.41, 5.74) is 3.46. The van der Waals surface area contributed by atoms with Crippen LogP contribution in [0.5, 0.6) is 0 Å². The van der Waals surface area contributed by atoms with Gasteiger partial charge in [0.15, 0.2) is 0 Å². The highest BCUT2D eigenvalue weighted by molar-refractivity contribution is 7.90. The fourth-order valence-electron chi connectivity index (χ4n) is 3.32. The van der Waals surface area contributed by atoms with Crippen LogP contribution < -0.4 is 5.32 Å². The molecule has 0 radical (unpaired) electrons. The molecule has 0 aliphatic carbocycles. The van der Waals surface area contributed by atoms with Crippen LogP contribution in [0, 0.1) is 0 Å². The predicted octanol–water partition coefficient (Wildman–Crippen LogP) is 4.49. The normalized spacial score (nSPS) is 12.6. The summed E-state index contributed by atoms with van der Waals surface area (Å²) < 4.78 is 24.1. The molecule has 4 aromatic rings. The maximum absolute atomic E-state index is 12.0. The third-order valence-corrected chi connectivity index (χ3v) is 5.56. The number of rotatable bonds is 6. The summed E-state index contributed by atoms with van der Waals surface area (Å²) in [5.74, 6) is 0.355. The fourth-order valence-corrected chi connectivity index (χ4v) is 4.20. The average Bonchev–Trinajstić information content (AvgIpc) is 2.73. The second-order valence-electron chi connectivity index (χ2n) is 6.98. The van der Waals surface area contributed by atoms with Crippen molar-refractivity contribution in [2.24, 2.45) is 0 Å². The summed E-state index contributed by atoms with van der Waals surface area (Å²) in [6, 6.07) is 26.8. The lowest BCUT2D eigenvalue weighted by atomic mass is 10.1. The van der Waals surface area contributed by atoms with Gasteiger partial charge >= 0.3 is 0 Å². The molecule has 1 unspecified atom stereocenters. The average molecular weight is 404 g/mol. The van der Waals surface area contributed by atoms with Gasteiger partial charge in [0.2, 0.25) is 5.95 Å². The molecule has 1 heterocycles. The van der Waals surface area contributed by atoms with Gasteiger partial charge in [-0.05, 0) is 11.6 Å². The van der Waals surface area contributed by atoms with Crippen LogP contribution in [0.2, 0.25) is 0 Å². The van der Waals surface area contributed by atoms with Crippen molar-refractivity contribution in [3.05, 3.63) is 90.5 Å². The summed E-state index contributed by atoms with van der Waals surface area (Å²) in [5, 5.41) is 4.20. The smallest absolute Gasteiger partial charge is 0.224 e. The van der Waals surface area contributed by atoms with E-state index in [4.69, 9.17) is 4.98 Å². The number of aromatic nitrogens is 2. The van der Waals surface area contributed by atoms with Crippen molar-refractivity contribution >= 4 is 26.7 Å². The lowest BCUT2D eigenvalue weighted by Crippen LogP contribution is -2.22. The number of benzene rings is 3. The predicted molar refractivity (Wildman–Crippen MR) is 117 cm³/mol. The molecule has 1 N–H and O–H groups in total. The van der Waals surface area contributed by atoms with Crippen LogP contribution in [-0.4, -0.2) is 30.4 Å². The zero-order chi connectivity index (χ0) is 20.3. The standard InChI is InChI=1S/C23H21N3O2S/c1-29(27,28)16-21(17-10-4-2-5-11-17)25-23-24-20-15-9-8-14-19(20)22(26-23)18-12-6-3-7-13-18/h2-15,21H,16H2,1H3,(H,24,25,26). The van der Waals surface area contributed by atoms with Gasteiger partial charge in [0, 0.05) is 17.2 Å². The Morgan fingerprint density at radius 1 is 0.828 bits per heavy atom. The van der Waals surface area contributed by atoms with Gasteiger partial charge in [0.05, 0.1) is 23.0 Å². The monoisotopic (exact) mass is 403 g/mol. The quantitative estimate of drug-likeness (QED) is 0.513. The number of nitrogens with zero attached hydrogens (tertiary/aromatic N) is 2. The molecule has 3 aromatic carbocycles. The Balaban J connectivity index is 1.80. The van der Waals surface area contributed by atoms with Crippen LogP contribution in [0.1, 0.15) is 11.6 Å². The van der Waals surface area contributed by atoms with E-state index in [2.05, 4.69) is 10.3 Å². The molecule has 29 heavy (non-hydrogen) atoms. The lowest BCUT2D eigenvalue weighted by molar-refractivity contribution is 0.597. The molecule has 0 spiro atoms. The molecule has 0 aliphatic heterocycles. The number of anilines is 1. The Labute approximate surface area is 170 Å². The largest absolute Gasteiger partial charge is 0.346 e. The second kappa shape index (κ2) is 8.01. The van der Waals surface area contributed by atoms with E-state index in [1.54, 1.807) is 0 Å². The Morgan fingerprint density at radius 3 is 2.14 bits per heavy atom. The minimum Gasteiger partial charge on any atom is -0.346 e. The molecule has 146 valence electrons. The highest BCUT2D eigenvalue weighted by atomic mass is 32.2. The third kappa shape index (κ3) is 4.60. The first-order valence-corrected chi connectivity index (χ1v) is 11.4. The van der Waals surface area contributed by atoms with E-state index in [1.165, 1.54) is 6.26 Å². The van der Waals surface area contributed by atoms with Crippen molar-refractivity contribution in [1.29, 1.82) is 0 Å². The van der Waals surface area contributed by atoms with Gasteiger partial charge in [-0.1, -0.05) is 78.9 Å². The Kier molecular flexibility index (Phi) is 5.27. The summed E-state index contributed by atoms with van der Waals surface area (Å²) in [7, 11) is -3.21. The van der Waals surface area contributed by atoms with E-state index >= 15 is 0 Å². The highest BCUT2D eigenvalue weighted by Gasteiger charge is 2.19. The molecule has 1 atom stereocenters. The number of para-hydroxylation sites is 1. The van der Waals surface area contributed by atoms with Crippen LogP contribution in [0.15, 0.2) is 84.9 Å². The number of nitrogens with one attached hydrogen (secondary N) is 1. The maximum atomic E-state index is 12.0. The minimum atomic E-state index is -3.21. The van der Waals surface area contributed by atoms with Crippen LogP contribution in [0.25, 0.3) is 22.2 Å². The van der Waals surface area contributed by atoms with E-state index in [1.807, 2.05) is 84.9 Å². The van der Waals surface area contributed by atoms with Gasteiger partial charge in [-0.15, -0.1) is 0 Å². The van der Waals surface area contributed by atoms with Crippen LogP contribution in [0.4, 0.5) is 5.95 Å². The van der Waals surface area contributed by atoms with Gasteiger partial charge < -0.3 is 5.32 Å². The molecule has 1 aromatic heterocycles. The van der Waals surface area contributed by atoms with Crippen molar-refractivity contribution in [3.8, 4) is 11.3 Å². The number of fused-ring (bicyclic) bond motifs is 1. The first-order chi connectivity index (χ1) is 14.0. The molecular formula is C23H21N3O2S. The van der Waals surface area contributed by atoms with E-state index in [0.717, 1.165) is 27.7 Å². The summed E-state index contributed by atoms with van der Waals surface area (Å²) in [4.78, 5) is 9.39. The van der Waals surface area contributed by atoms with Crippen molar-refractivity contribution < 1.29 is 8.42 Å². The maximum Gasteiger partial charge on any atom is 0.224 e. The molecule has 0 saturated heterocycles. The van der Waals surface area contributed by atoms with Gasteiger partial charge in [-0.25, -0.2) is 18.4 Å². The molecular weight excluding hydrogens is 382 g/mol. The topological polar surface area (TPSA) is 72.0 Å². The SMILES string of the molecule is CS(=O)(=O)CC(Nc1nc(-c2ccccc2)c2ccccc2n1)c1ccccc1. The molecule has 0 amide bonds. The molecule has 4 rings (SSSR count). The number of hydrogen-bond donors (Lipinski definition) is 1. The van der Waals surface area contributed by atoms with E-state index < -0.39 is 15.9 Å². The Bertz CT molecular complexity index is 1230. The van der Waals surface area contributed by atoms with Crippen LogP contribution >= 0.6 is 0 Å². The van der Waals surface area contributed by atoms with Crippen LogP contribution in [0.3, 0.4) is 0 Å². The van der Waals surface area contributed by atoms with E-state index in [0.29, 0.717) is 5.95 Å².